The third kappa shape index (κ3) is 20.7. The summed E-state index contributed by atoms with van der Waals surface area (Å²) in [5, 5.41) is 70.0. The van der Waals surface area contributed by atoms with Crippen LogP contribution in [-0.2, 0) is 38.4 Å². The van der Waals surface area contributed by atoms with Crippen molar-refractivity contribution >= 4 is 98.9 Å². The van der Waals surface area contributed by atoms with Crippen molar-refractivity contribution in [2.75, 3.05) is 57.7 Å². The third-order valence-electron chi connectivity index (χ3n) is 24.3. The number of aliphatic hydroxyl groups is 4. The Morgan fingerprint density at radius 2 is 0.630 bits per heavy atom. The van der Waals surface area contributed by atoms with E-state index in [1.165, 1.54) is 19.6 Å². The summed E-state index contributed by atoms with van der Waals surface area (Å²) in [7, 11) is 2.09. The maximum Gasteiger partial charge on any atom is 0.301 e. The Labute approximate surface area is 785 Å². The first-order valence-corrected chi connectivity index (χ1v) is 44.9. The molecule has 5 aliphatic rings. The molecule has 26 nitrogen and oxygen atoms in total. The molecule has 4 amide bonds. The van der Waals surface area contributed by atoms with Gasteiger partial charge in [0, 0.05) is 54.6 Å². The zero-order valence-corrected chi connectivity index (χ0v) is 78.4. The van der Waals surface area contributed by atoms with Crippen molar-refractivity contribution in [2.45, 2.75) is 152 Å². The summed E-state index contributed by atoms with van der Waals surface area (Å²) in [6.07, 6.45) is 1.61. The van der Waals surface area contributed by atoms with Gasteiger partial charge in [0.1, 0.15) is 34.6 Å². The van der Waals surface area contributed by atoms with Crippen LogP contribution in [0.3, 0.4) is 0 Å². The van der Waals surface area contributed by atoms with E-state index in [0.717, 1.165) is 82.1 Å². The van der Waals surface area contributed by atoms with Crippen molar-refractivity contribution in [2.24, 2.45) is 0 Å². The smallest absolute Gasteiger partial charge is 0.301 e. The summed E-state index contributed by atoms with van der Waals surface area (Å²) in [5.41, 5.74) is 14.6. The molecule has 9 heterocycles. The van der Waals surface area contributed by atoms with Gasteiger partial charge in [0.15, 0.2) is 23.3 Å². The highest BCUT2D eigenvalue weighted by molar-refractivity contribution is 6.54. The largest absolute Gasteiger partial charge is 0.507 e. The fourth-order valence-corrected chi connectivity index (χ4v) is 16.6. The van der Waals surface area contributed by atoms with Crippen molar-refractivity contribution in [1.82, 2.24) is 40.5 Å². The van der Waals surface area contributed by atoms with Crippen LogP contribution in [0.4, 0.5) is 29.1 Å². The number of anilines is 5. The molecule has 5 aliphatic heterocycles. The number of pyridine rings is 1. The molecule has 4 aromatic heterocycles. The maximum absolute atomic E-state index is 13.4. The second-order valence-corrected chi connectivity index (χ2v) is 35.6. The van der Waals surface area contributed by atoms with Gasteiger partial charge in [-0.2, -0.15) is 10.2 Å². The van der Waals surface area contributed by atoms with Crippen molar-refractivity contribution in [3.8, 4) is 5.75 Å². The van der Waals surface area contributed by atoms with Gasteiger partial charge in [-0.25, -0.2) is 4.98 Å². The van der Waals surface area contributed by atoms with Crippen LogP contribution >= 0.6 is 0 Å². The molecule has 8 aromatic carbocycles. The standard InChI is InChI=1S/C30H33N5O3.C27H26N2O3.C26H25N3O4.C26H25N3O3/c1-19(2)21-9-11-22(12-10-21)27-26(28(36)23-7-5-20(3)6-8-23)29(37)30(38)35(27)25-14-13-24(31-32-25)34-17-15-33(4)16-18-34;1-16(2)19-10-12-20(13-11-19)24-23(25(30)21-8-5-17(3)6-9-21)26(31)27(32)29(24)22-14-7-18(4)15-28-22;1-15(2)33-20-7-5-6-19(14-20)23-22(24(30)18-11-8-16(3)9-12-18)25(31)26(32)29(23)21-13-10-17(4)27-28-21;1-15(2)18-9-11-19(12-10-18)23-22(24(30)20-7-5-6-16(3)14-20)25(31)26(32)29(23)21-13-8-17(4)27-28-21/h5-14,19,27,36H,15-18H2,1-4H3;5-16,24,30H,1-4H3;5-15,23,30H,1-4H3;5-15,23,30H,1-4H3. The first-order valence-electron chi connectivity index (χ1n) is 44.9. The van der Waals surface area contributed by atoms with Crippen LogP contribution in [0.5, 0.6) is 5.75 Å². The molecule has 0 radical (unpaired) electrons. The normalized spacial score (nSPS) is 18.4. The van der Waals surface area contributed by atoms with Gasteiger partial charge < -0.3 is 35.0 Å². The number of aliphatic hydroxyl groups excluding tert-OH is 4. The first kappa shape index (κ1) is 95.5. The molecule has 4 N–H and O–H groups in total. The number of carbonyl (C=O) groups is 8. The van der Waals surface area contributed by atoms with Gasteiger partial charge >= 0.3 is 23.6 Å². The highest BCUT2D eigenvalue weighted by atomic mass is 16.5. The summed E-state index contributed by atoms with van der Waals surface area (Å²) in [6.45, 7) is 33.2. The second kappa shape index (κ2) is 41.1. The Bertz CT molecular complexity index is 6590. The zero-order chi connectivity index (χ0) is 96.7. The van der Waals surface area contributed by atoms with Crippen molar-refractivity contribution in [3.05, 3.63) is 372 Å². The average Bonchev–Trinajstić information content (AvgIpc) is 1.61. The number of piperazine rings is 1. The number of ketones is 4. The number of ether oxygens (including phenoxy) is 1. The van der Waals surface area contributed by atoms with E-state index in [4.69, 9.17) is 4.74 Å². The molecule has 135 heavy (non-hydrogen) atoms. The topological polar surface area (TPSA) is 336 Å². The highest BCUT2D eigenvalue weighted by Crippen LogP contribution is 2.48. The van der Waals surface area contributed by atoms with E-state index in [0.29, 0.717) is 79.7 Å². The number of likely N-dealkylation sites (N-methyl/N-ethyl adjacent to an activating group) is 1. The van der Waals surface area contributed by atoms with Crippen molar-refractivity contribution in [1.29, 1.82) is 0 Å². The van der Waals surface area contributed by atoms with E-state index in [1.807, 2.05) is 176 Å². The molecular formula is C109H109N13O13. The summed E-state index contributed by atoms with van der Waals surface area (Å²) in [4.78, 5) is 120. The number of amides is 4. The number of benzene rings is 8. The van der Waals surface area contributed by atoms with Gasteiger partial charge in [-0.3, -0.25) is 58.0 Å². The SMILES string of the molecule is Cc1ccc(C(O)=C2C(=O)C(=O)N(c3ccc(C)cn3)C2c2ccc(C(C)C)cc2)cc1.Cc1ccc(C(O)=C2C(=O)C(=O)N(c3ccc(C)nn3)C2c2cccc(OC(C)C)c2)cc1.Cc1ccc(C(O)=C2C(=O)C(=O)N(c3ccc(N4CCN(C)CC4)nn3)C2c2ccc(C(C)C)cc2)cc1.Cc1cccc(C(O)=C2C(=O)C(=O)N(c3ccc(C)nn3)C2c2ccc(C(C)C)cc2)c1. The van der Waals surface area contributed by atoms with Crippen LogP contribution < -0.4 is 29.2 Å². The Morgan fingerprint density at radius 3 is 0.956 bits per heavy atom. The van der Waals surface area contributed by atoms with E-state index in [9.17, 15) is 58.8 Å². The van der Waals surface area contributed by atoms with Crippen LogP contribution in [0.15, 0.2) is 271 Å². The Balaban J connectivity index is 0.000000145. The molecule has 0 bridgehead atoms. The lowest BCUT2D eigenvalue weighted by Gasteiger charge is -2.33. The molecule has 17 rings (SSSR count). The van der Waals surface area contributed by atoms with E-state index in [-0.39, 0.29) is 68.9 Å². The van der Waals surface area contributed by atoms with Crippen LogP contribution in [0, 0.1) is 48.5 Å². The first-order chi connectivity index (χ1) is 64.5. The van der Waals surface area contributed by atoms with Gasteiger partial charge in [0.2, 0.25) is 0 Å². The highest BCUT2D eigenvalue weighted by Gasteiger charge is 2.52. The summed E-state index contributed by atoms with van der Waals surface area (Å²) < 4.78 is 5.82. The number of rotatable bonds is 18. The molecule has 4 unspecified atom stereocenters. The maximum atomic E-state index is 13.4. The lowest BCUT2D eigenvalue weighted by atomic mass is 9.93. The number of carbonyl (C=O) groups excluding carboxylic acids is 8. The molecule has 688 valence electrons. The van der Waals surface area contributed by atoms with Crippen molar-refractivity contribution < 1.29 is 63.5 Å². The Morgan fingerprint density at radius 1 is 0.311 bits per heavy atom. The summed E-state index contributed by atoms with van der Waals surface area (Å²) >= 11 is 0. The lowest BCUT2D eigenvalue weighted by molar-refractivity contribution is -0.132. The van der Waals surface area contributed by atoms with E-state index in [2.05, 4.69) is 94.0 Å². The lowest BCUT2D eigenvalue weighted by Crippen LogP contribution is -2.44. The van der Waals surface area contributed by atoms with Gasteiger partial charge in [-0.15, -0.1) is 20.4 Å². The number of aromatic nitrogens is 7. The van der Waals surface area contributed by atoms with Crippen LogP contribution in [-0.4, -0.2) is 147 Å². The number of hydrogen-bond donors (Lipinski definition) is 4. The molecular weight excluding hydrogens is 1700 g/mol. The fraction of sp³-hybridized carbons (Fsp3) is 0.257. The second-order valence-electron chi connectivity index (χ2n) is 35.6. The zero-order valence-electron chi connectivity index (χ0n) is 78.4. The summed E-state index contributed by atoms with van der Waals surface area (Å²) in [6, 6.07) is 69.9. The predicted molar refractivity (Wildman–Crippen MR) is 522 cm³/mol. The van der Waals surface area contributed by atoms with Gasteiger partial charge in [-0.05, 0) is 192 Å². The third-order valence-corrected chi connectivity index (χ3v) is 24.3. The molecule has 26 heteroatoms. The number of hydrogen-bond acceptors (Lipinski definition) is 22. The van der Waals surface area contributed by atoms with Gasteiger partial charge in [0.25, 0.3) is 23.1 Å². The number of Topliss-reactive ketones (excluding diaryl/α,β-unsaturated/α-hetero) is 4. The minimum atomic E-state index is -0.890. The van der Waals surface area contributed by atoms with Crippen LogP contribution in [0.2, 0.25) is 0 Å². The summed E-state index contributed by atoms with van der Waals surface area (Å²) in [5.74, 6) is -3.30. The fourth-order valence-electron chi connectivity index (χ4n) is 16.6. The van der Waals surface area contributed by atoms with Gasteiger partial charge in [0.05, 0.1) is 64.0 Å². The minimum Gasteiger partial charge on any atom is -0.507 e. The Kier molecular flexibility index (Phi) is 29.1. The molecule has 5 fully saturated rings. The molecule has 0 aliphatic carbocycles. The quantitative estimate of drug-likeness (QED) is 0.0352. The molecule has 5 saturated heterocycles. The van der Waals surface area contributed by atoms with Gasteiger partial charge in [-0.1, -0.05) is 246 Å². The minimum absolute atomic E-state index is 0.00655. The average molecular weight is 1810 g/mol. The molecule has 4 atom stereocenters. The Hall–Kier alpha value is -15.6. The van der Waals surface area contributed by atoms with Crippen LogP contribution in [0.1, 0.15) is 198 Å². The molecule has 12 aromatic rings. The van der Waals surface area contributed by atoms with Crippen molar-refractivity contribution in [3.63, 3.8) is 0 Å². The monoisotopic (exact) mass is 1810 g/mol. The number of nitrogens with zero attached hydrogens (tertiary/aromatic N) is 13. The van der Waals surface area contributed by atoms with E-state index < -0.39 is 70.9 Å². The predicted octanol–water partition coefficient (Wildman–Crippen LogP) is 19.1. The van der Waals surface area contributed by atoms with E-state index in [1.54, 1.807) is 135 Å². The number of aryl methyl sites for hydroxylation is 7. The van der Waals surface area contributed by atoms with Crippen LogP contribution in [0.25, 0.3) is 23.0 Å². The molecule has 0 saturated carbocycles. The van der Waals surface area contributed by atoms with E-state index >= 15 is 0 Å². The molecule has 0 spiro atoms.